The Hall–Kier alpha value is -0.830. The van der Waals surface area contributed by atoms with Crippen LogP contribution in [0.2, 0.25) is 0 Å². The van der Waals surface area contributed by atoms with E-state index in [1.54, 1.807) is 0 Å². The average molecular weight is 252 g/mol. The summed E-state index contributed by atoms with van der Waals surface area (Å²) in [6.45, 7) is 10.5. The monoisotopic (exact) mass is 252 g/mol. The summed E-state index contributed by atoms with van der Waals surface area (Å²) in [6.07, 6.45) is 2.08. The predicted octanol–water partition coefficient (Wildman–Crippen LogP) is 3.94. The van der Waals surface area contributed by atoms with Gasteiger partial charge in [0.25, 0.3) is 0 Å². The van der Waals surface area contributed by atoms with E-state index in [0.717, 1.165) is 35.5 Å². The minimum atomic E-state index is -0.0695. The van der Waals surface area contributed by atoms with E-state index in [9.17, 15) is 0 Å². The molecule has 0 aromatic heterocycles. The van der Waals surface area contributed by atoms with Crippen molar-refractivity contribution >= 4 is 12.9 Å². The maximum atomic E-state index is 6.13. The fourth-order valence-electron chi connectivity index (χ4n) is 2.48. The quantitative estimate of drug-likeness (QED) is 0.603. The molecule has 0 spiro atoms. The highest BCUT2D eigenvalue weighted by Crippen LogP contribution is 2.43. The van der Waals surface area contributed by atoms with Gasteiger partial charge in [0.15, 0.2) is 0 Å². The highest BCUT2D eigenvalue weighted by Gasteiger charge is 2.30. The Kier molecular flexibility index (Phi) is 3.06. The molecule has 1 aromatic rings. The normalized spacial score (nSPS) is 17.3. The summed E-state index contributed by atoms with van der Waals surface area (Å²) < 4.78 is 11.3. The molecule has 1 aliphatic rings. The molecule has 0 amide bonds. The molecule has 0 bridgehead atoms. The Balaban J connectivity index is 2.64. The number of fused-ring (bicyclic) bond motifs is 1. The zero-order valence-electron chi connectivity index (χ0n) is 11.2. The molecular formula is C14H20O2S. The van der Waals surface area contributed by atoms with E-state index in [0.29, 0.717) is 0 Å². The molecule has 0 radical (unpaired) electrons. The topological polar surface area (TPSA) is 18.5 Å². The van der Waals surface area contributed by atoms with Crippen molar-refractivity contribution in [2.45, 2.75) is 53.1 Å². The standard InChI is InChI=1S/C14H20O2S/c1-8-9(2)13-11(10(3)12(8)16-17)6-7-14(4,5)15-13/h17H,6-7H2,1-5H3. The number of hydrogen-bond acceptors (Lipinski definition) is 3. The average Bonchev–Trinajstić information content (AvgIpc) is 2.26. The van der Waals surface area contributed by atoms with Crippen molar-refractivity contribution in [1.82, 2.24) is 0 Å². The van der Waals surface area contributed by atoms with Gasteiger partial charge in [0.1, 0.15) is 17.1 Å². The van der Waals surface area contributed by atoms with Crippen molar-refractivity contribution in [2.75, 3.05) is 0 Å². The lowest BCUT2D eigenvalue weighted by atomic mass is 9.88. The lowest BCUT2D eigenvalue weighted by molar-refractivity contribution is 0.0832. The van der Waals surface area contributed by atoms with Gasteiger partial charge in [-0.25, -0.2) is 0 Å². The van der Waals surface area contributed by atoms with Crippen molar-refractivity contribution in [1.29, 1.82) is 0 Å². The fraction of sp³-hybridized carbons (Fsp3) is 0.571. The summed E-state index contributed by atoms with van der Waals surface area (Å²) in [5, 5.41) is 0. The second kappa shape index (κ2) is 4.13. The van der Waals surface area contributed by atoms with Gasteiger partial charge in [-0.1, -0.05) is 0 Å². The molecule has 0 fully saturated rings. The summed E-state index contributed by atoms with van der Waals surface area (Å²) >= 11 is 3.96. The molecule has 0 atom stereocenters. The molecule has 17 heavy (non-hydrogen) atoms. The van der Waals surface area contributed by atoms with Crippen LogP contribution in [0.4, 0.5) is 0 Å². The van der Waals surface area contributed by atoms with Gasteiger partial charge in [-0.15, -0.1) is 0 Å². The summed E-state index contributed by atoms with van der Waals surface area (Å²) in [6, 6.07) is 0. The van der Waals surface area contributed by atoms with Crippen molar-refractivity contribution in [3.8, 4) is 11.5 Å². The number of thiol groups is 1. The first kappa shape index (κ1) is 12.6. The largest absolute Gasteiger partial charge is 0.487 e. The Morgan fingerprint density at radius 2 is 1.76 bits per heavy atom. The van der Waals surface area contributed by atoms with Crippen LogP contribution in [0.5, 0.6) is 11.5 Å². The van der Waals surface area contributed by atoms with E-state index >= 15 is 0 Å². The molecule has 0 saturated heterocycles. The van der Waals surface area contributed by atoms with Gasteiger partial charge >= 0.3 is 0 Å². The SMILES string of the molecule is Cc1c(C)c2c(c(C)c1OS)CCC(C)(C)O2. The van der Waals surface area contributed by atoms with Crippen LogP contribution in [0.15, 0.2) is 0 Å². The van der Waals surface area contributed by atoms with Gasteiger partial charge in [0, 0.05) is 18.5 Å². The van der Waals surface area contributed by atoms with Crippen LogP contribution in [0.1, 0.15) is 42.5 Å². The number of rotatable bonds is 1. The smallest absolute Gasteiger partial charge is 0.143 e. The molecule has 3 heteroatoms. The first-order valence-electron chi connectivity index (χ1n) is 6.00. The van der Waals surface area contributed by atoms with E-state index in [4.69, 9.17) is 8.92 Å². The minimum Gasteiger partial charge on any atom is -0.487 e. The molecular weight excluding hydrogens is 232 g/mol. The van der Waals surface area contributed by atoms with E-state index in [-0.39, 0.29) is 5.60 Å². The minimum absolute atomic E-state index is 0.0695. The van der Waals surface area contributed by atoms with Crippen molar-refractivity contribution < 1.29 is 8.92 Å². The Morgan fingerprint density at radius 3 is 2.35 bits per heavy atom. The highest BCUT2D eigenvalue weighted by atomic mass is 32.1. The van der Waals surface area contributed by atoms with Crippen LogP contribution in [-0.2, 0) is 6.42 Å². The molecule has 2 rings (SSSR count). The second-order valence-electron chi connectivity index (χ2n) is 5.46. The number of hydrogen-bond donors (Lipinski definition) is 1. The molecule has 2 nitrogen and oxygen atoms in total. The number of ether oxygens (including phenoxy) is 1. The third-order valence-electron chi connectivity index (χ3n) is 3.76. The van der Waals surface area contributed by atoms with Crippen LogP contribution < -0.4 is 8.92 Å². The molecule has 1 heterocycles. The molecule has 0 aliphatic carbocycles. The number of benzene rings is 1. The molecule has 0 N–H and O–H groups in total. The van der Waals surface area contributed by atoms with Crippen LogP contribution in [0.3, 0.4) is 0 Å². The lowest BCUT2D eigenvalue weighted by Gasteiger charge is -2.35. The third kappa shape index (κ3) is 2.01. The fourth-order valence-corrected chi connectivity index (χ4v) is 2.76. The first-order valence-corrected chi connectivity index (χ1v) is 6.37. The van der Waals surface area contributed by atoms with E-state index in [1.807, 2.05) is 0 Å². The van der Waals surface area contributed by atoms with E-state index in [1.165, 1.54) is 11.1 Å². The van der Waals surface area contributed by atoms with E-state index < -0.39 is 0 Å². The van der Waals surface area contributed by atoms with Gasteiger partial charge in [0.2, 0.25) is 0 Å². The van der Waals surface area contributed by atoms with Crippen LogP contribution >= 0.6 is 12.9 Å². The molecule has 1 aromatic carbocycles. The predicted molar refractivity (Wildman–Crippen MR) is 73.3 cm³/mol. The summed E-state index contributed by atoms with van der Waals surface area (Å²) in [7, 11) is 0. The lowest BCUT2D eigenvalue weighted by Crippen LogP contribution is -2.33. The van der Waals surface area contributed by atoms with Gasteiger partial charge in [-0.3, -0.25) is 0 Å². The zero-order valence-corrected chi connectivity index (χ0v) is 12.1. The van der Waals surface area contributed by atoms with E-state index in [2.05, 4.69) is 47.5 Å². The Labute approximate surface area is 109 Å². The molecule has 0 unspecified atom stereocenters. The van der Waals surface area contributed by atoms with Crippen LogP contribution in [0.25, 0.3) is 0 Å². The summed E-state index contributed by atoms with van der Waals surface area (Å²) in [5.41, 5.74) is 4.65. The third-order valence-corrected chi connectivity index (χ3v) is 3.94. The summed E-state index contributed by atoms with van der Waals surface area (Å²) in [5.74, 6) is 1.93. The van der Waals surface area contributed by atoms with Crippen molar-refractivity contribution in [2.24, 2.45) is 0 Å². The van der Waals surface area contributed by atoms with Crippen LogP contribution in [-0.4, -0.2) is 5.60 Å². The van der Waals surface area contributed by atoms with Crippen LogP contribution in [0, 0.1) is 20.8 Å². The zero-order chi connectivity index (χ0) is 12.8. The Bertz CT molecular complexity index is 464. The van der Waals surface area contributed by atoms with Crippen molar-refractivity contribution in [3.63, 3.8) is 0 Å². The molecule has 1 aliphatic heterocycles. The molecule has 0 saturated carbocycles. The maximum absolute atomic E-state index is 6.13. The highest BCUT2D eigenvalue weighted by molar-refractivity contribution is 7.75. The second-order valence-corrected chi connectivity index (χ2v) is 5.65. The maximum Gasteiger partial charge on any atom is 0.143 e. The van der Waals surface area contributed by atoms with Gasteiger partial charge in [-0.05, 0) is 64.2 Å². The first-order chi connectivity index (χ1) is 7.87. The van der Waals surface area contributed by atoms with Gasteiger partial charge in [-0.2, -0.15) is 0 Å². The van der Waals surface area contributed by atoms with Crippen molar-refractivity contribution in [3.05, 3.63) is 22.3 Å². The Morgan fingerprint density at radius 1 is 1.12 bits per heavy atom. The summed E-state index contributed by atoms with van der Waals surface area (Å²) in [4.78, 5) is 0. The molecule has 94 valence electrons. The van der Waals surface area contributed by atoms with Gasteiger partial charge < -0.3 is 8.92 Å². The van der Waals surface area contributed by atoms with Gasteiger partial charge in [0.05, 0.1) is 0 Å².